The van der Waals surface area contributed by atoms with Gasteiger partial charge < -0.3 is 14.6 Å². The van der Waals surface area contributed by atoms with Crippen molar-refractivity contribution >= 4 is 40.8 Å². The molecule has 2 aliphatic carbocycles. The Bertz CT molecular complexity index is 1750. The Morgan fingerprint density at radius 1 is 1.12 bits per heavy atom. The first-order chi connectivity index (χ1) is 20.2. The molecule has 1 aliphatic heterocycles. The van der Waals surface area contributed by atoms with Crippen LogP contribution in [0.1, 0.15) is 53.9 Å². The van der Waals surface area contributed by atoms with Crippen LogP contribution in [0.5, 0.6) is 0 Å². The first-order valence-electron chi connectivity index (χ1n) is 14.0. The Morgan fingerprint density at radius 3 is 2.69 bits per heavy atom. The highest BCUT2D eigenvalue weighted by Crippen LogP contribution is 2.46. The van der Waals surface area contributed by atoms with E-state index in [-0.39, 0.29) is 36.2 Å². The summed E-state index contributed by atoms with van der Waals surface area (Å²) in [6, 6.07) is 5.21. The van der Waals surface area contributed by atoms with Crippen molar-refractivity contribution in [3.8, 4) is 0 Å². The maximum Gasteiger partial charge on any atom is 0.331 e. The van der Waals surface area contributed by atoms with E-state index in [0.29, 0.717) is 47.7 Å². The van der Waals surface area contributed by atoms with Crippen molar-refractivity contribution in [1.29, 1.82) is 0 Å². The van der Waals surface area contributed by atoms with E-state index in [2.05, 4.69) is 31.4 Å². The highest BCUT2D eigenvalue weighted by molar-refractivity contribution is 6.13. The number of imidazole rings is 1. The molecule has 0 radical (unpaired) electrons. The summed E-state index contributed by atoms with van der Waals surface area (Å²) in [4.78, 5) is 64.8. The third-order valence-electron chi connectivity index (χ3n) is 8.09. The molecule has 4 amide bonds. The summed E-state index contributed by atoms with van der Waals surface area (Å²) in [6.45, 7) is 2.33. The molecule has 0 spiro atoms. The standard InChI is InChI=1S/C29H30N10O3/c1-16-6-7-30-26(33-16)20-9-21(20)28(41)35-23-10-24(32-15-31-23)36(2)12-19-13-38-11-18(17-4-5-17)8-22(27(38)34-19)39-14-25(40)37(3)29(39)42/h6-8,10-11,13,15,17,20-21H,4-5,9,12,14H2,1-3H3,(H,31,32,35,41). The number of likely N-dealkylation sites (N-methyl/N-ethyl adjacent to an activating group) is 1. The Labute approximate surface area is 241 Å². The predicted octanol–water partition coefficient (Wildman–Crippen LogP) is 2.88. The van der Waals surface area contributed by atoms with Gasteiger partial charge in [-0.25, -0.2) is 29.7 Å². The lowest BCUT2D eigenvalue weighted by molar-refractivity contribution is -0.124. The van der Waals surface area contributed by atoms with Gasteiger partial charge in [0, 0.05) is 56.3 Å². The monoisotopic (exact) mass is 566 g/mol. The van der Waals surface area contributed by atoms with E-state index in [9.17, 15) is 14.4 Å². The van der Waals surface area contributed by atoms with Crippen LogP contribution in [0, 0.1) is 12.8 Å². The summed E-state index contributed by atoms with van der Waals surface area (Å²) in [5.74, 6) is 1.67. The van der Waals surface area contributed by atoms with Crippen LogP contribution in [0.15, 0.2) is 43.1 Å². The van der Waals surface area contributed by atoms with Gasteiger partial charge in [0.15, 0.2) is 5.65 Å². The zero-order chi connectivity index (χ0) is 29.1. The smallest absolute Gasteiger partial charge is 0.331 e. The van der Waals surface area contributed by atoms with E-state index in [1.165, 1.54) is 18.3 Å². The summed E-state index contributed by atoms with van der Waals surface area (Å²) in [5.41, 5.74) is 4.03. The third-order valence-corrected chi connectivity index (χ3v) is 8.09. The third kappa shape index (κ3) is 4.80. The number of fused-ring (bicyclic) bond motifs is 1. The van der Waals surface area contributed by atoms with E-state index >= 15 is 0 Å². The number of rotatable bonds is 8. The van der Waals surface area contributed by atoms with Gasteiger partial charge in [-0.05, 0) is 49.8 Å². The van der Waals surface area contributed by atoms with E-state index in [1.54, 1.807) is 12.3 Å². The van der Waals surface area contributed by atoms with E-state index in [4.69, 9.17) is 4.98 Å². The van der Waals surface area contributed by atoms with Crippen LogP contribution in [0.3, 0.4) is 0 Å². The number of urea groups is 1. The predicted molar refractivity (Wildman–Crippen MR) is 153 cm³/mol. The number of aromatic nitrogens is 6. The highest BCUT2D eigenvalue weighted by Gasteiger charge is 2.46. The van der Waals surface area contributed by atoms with Crippen molar-refractivity contribution in [2.75, 3.05) is 35.8 Å². The maximum absolute atomic E-state index is 12.9. The number of aryl methyl sites for hydroxylation is 1. The summed E-state index contributed by atoms with van der Waals surface area (Å²) < 4.78 is 1.94. The fraction of sp³-hybridized carbons (Fsp3) is 0.379. The fourth-order valence-electron chi connectivity index (χ4n) is 5.44. The van der Waals surface area contributed by atoms with Gasteiger partial charge >= 0.3 is 6.03 Å². The molecular weight excluding hydrogens is 536 g/mol. The molecular formula is C29H30N10O3. The molecule has 1 N–H and O–H groups in total. The Morgan fingerprint density at radius 2 is 1.95 bits per heavy atom. The minimum absolute atomic E-state index is 0.00371. The van der Waals surface area contributed by atoms with Gasteiger partial charge in [-0.1, -0.05) is 0 Å². The molecule has 2 unspecified atom stereocenters. The van der Waals surface area contributed by atoms with Gasteiger partial charge in [-0.3, -0.25) is 19.4 Å². The second kappa shape index (κ2) is 9.86. The van der Waals surface area contributed by atoms with E-state index < -0.39 is 0 Å². The van der Waals surface area contributed by atoms with Crippen molar-refractivity contribution in [3.05, 3.63) is 65.9 Å². The van der Waals surface area contributed by atoms with Crippen molar-refractivity contribution in [3.63, 3.8) is 0 Å². The lowest BCUT2D eigenvalue weighted by Gasteiger charge is -2.17. The second-order valence-electron chi connectivity index (χ2n) is 11.3. The first kappa shape index (κ1) is 26.0. The number of nitrogens with one attached hydrogen (secondary N) is 1. The molecule has 3 fully saturated rings. The lowest BCUT2D eigenvalue weighted by atomic mass is 10.1. The Hall–Kier alpha value is -4.94. The summed E-state index contributed by atoms with van der Waals surface area (Å²) in [7, 11) is 3.39. The van der Waals surface area contributed by atoms with Gasteiger partial charge in [0.1, 0.15) is 30.3 Å². The second-order valence-corrected chi connectivity index (χ2v) is 11.3. The minimum atomic E-state index is -0.351. The molecule has 13 nitrogen and oxygen atoms in total. The molecule has 2 saturated carbocycles. The number of carbonyl (C=O) groups is 3. The average molecular weight is 567 g/mol. The molecule has 2 atom stereocenters. The van der Waals surface area contributed by atoms with Crippen LogP contribution in [0.4, 0.5) is 22.1 Å². The zero-order valence-electron chi connectivity index (χ0n) is 23.6. The molecule has 0 aromatic carbocycles. The van der Waals surface area contributed by atoms with Gasteiger partial charge in [-0.15, -0.1) is 0 Å². The average Bonchev–Trinajstić information content (AvgIpc) is 3.90. The SMILES string of the molecule is Cc1ccnc(C2CC2C(=O)Nc2cc(N(C)Cc3cn4cc(C5CC5)cc(N5CC(=O)N(C)C5=O)c4n3)ncn2)n1. The summed E-state index contributed by atoms with van der Waals surface area (Å²) >= 11 is 0. The van der Waals surface area contributed by atoms with Crippen LogP contribution in [0.25, 0.3) is 5.65 Å². The molecule has 1 saturated heterocycles. The molecule has 0 bridgehead atoms. The molecule has 42 heavy (non-hydrogen) atoms. The first-order valence-corrected chi connectivity index (χ1v) is 14.0. The molecule has 4 aromatic heterocycles. The van der Waals surface area contributed by atoms with Gasteiger partial charge in [0.2, 0.25) is 11.8 Å². The van der Waals surface area contributed by atoms with Crippen LogP contribution < -0.4 is 15.1 Å². The number of hydrogen-bond acceptors (Lipinski definition) is 9. The minimum Gasteiger partial charge on any atom is -0.354 e. The normalized spacial score (nSPS) is 20.0. The number of carbonyl (C=O) groups excluding carboxylic acids is 3. The van der Waals surface area contributed by atoms with Crippen LogP contribution in [-0.4, -0.2) is 72.7 Å². The topological polar surface area (TPSA) is 142 Å². The van der Waals surface area contributed by atoms with Gasteiger partial charge in [0.05, 0.1) is 17.9 Å². The Kier molecular flexibility index (Phi) is 6.10. The zero-order valence-corrected chi connectivity index (χ0v) is 23.6. The summed E-state index contributed by atoms with van der Waals surface area (Å²) in [6.07, 6.45) is 10.1. The highest BCUT2D eigenvalue weighted by atomic mass is 16.2. The van der Waals surface area contributed by atoms with Crippen LogP contribution in [0.2, 0.25) is 0 Å². The molecule has 214 valence electrons. The van der Waals surface area contributed by atoms with Gasteiger partial charge in [0.25, 0.3) is 0 Å². The van der Waals surface area contributed by atoms with Crippen LogP contribution >= 0.6 is 0 Å². The number of amides is 4. The summed E-state index contributed by atoms with van der Waals surface area (Å²) in [5, 5.41) is 2.91. The number of anilines is 3. The molecule has 13 heteroatoms. The van der Waals surface area contributed by atoms with Crippen molar-refractivity contribution in [1.82, 2.24) is 34.2 Å². The number of imide groups is 1. The number of hydrogen-bond donors (Lipinski definition) is 1. The van der Waals surface area contributed by atoms with Crippen LogP contribution in [-0.2, 0) is 16.1 Å². The molecule has 3 aliphatic rings. The quantitative estimate of drug-likeness (QED) is 0.319. The maximum atomic E-state index is 12.9. The number of pyridine rings is 1. The lowest BCUT2D eigenvalue weighted by Crippen LogP contribution is -2.30. The van der Waals surface area contributed by atoms with E-state index in [1.807, 2.05) is 41.6 Å². The van der Waals surface area contributed by atoms with Crippen molar-refractivity contribution < 1.29 is 14.4 Å². The van der Waals surface area contributed by atoms with Crippen molar-refractivity contribution in [2.24, 2.45) is 5.92 Å². The largest absolute Gasteiger partial charge is 0.354 e. The molecule has 7 rings (SSSR count). The van der Waals surface area contributed by atoms with Crippen molar-refractivity contribution in [2.45, 2.75) is 44.6 Å². The number of nitrogens with zero attached hydrogens (tertiary/aromatic N) is 9. The van der Waals surface area contributed by atoms with Gasteiger partial charge in [-0.2, -0.15) is 0 Å². The molecule has 4 aromatic rings. The van der Waals surface area contributed by atoms with E-state index in [0.717, 1.165) is 34.7 Å². The fourth-order valence-corrected chi connectivity index (χ4v) is 5.44. The Balaban J connectivity index is 1.08. The molecule has 5 heterocycles.